The molecule has 0 saturated heterocycles. The van der Waals surface area contributed by atoms with E-state index in [0.717, 1.165) is 22.3 Å². The van der Waals surface area contributed by atoms with Gasteiger partial charge in [-0.15, -0.1) is 0 Å². The van der Waals surface area contributed by atoms with Gasteiger partial charge in [0.2, 0.25) is 10.0 Å². The average molecular weight is 429 g/mol. The molecule has 8 nitrogen and oxygen atoms in total. The van der Waals surface area contributed by atoms with Crippen molar-refractivity contribution in [2.45, 2.75) is 36.7 Å². The molecule has 0 bridgehead atoms. The number of ether oxygens (including phenoxy) is 1. The number of sulfonamides is 1. The minimum absolute atomic E-state index is 0.137. The van der Waals surface area contributed by atoms with Gasteiger partial charge in [-0.05, 0) is 55.7 Å². The molecule has 2 aromatic heterocycles. The van der Waals surface area contributed by atoms with Gasteiger partial charge in [0, 0.05) is 30.5 Å². The van der Waals surface area contributed by atoms with Gasteiger partial charge in [0.25, 0.3) is 0 Å². The van der Waals surface area contributed by atoms with Crippen LogP contribution < -0.4 is 4.74 Å². The summed E-state index contributed by atoms with van der Waals surface area (Å²) in [5, 5.41) is 9.32. The minimum Gasteiger partial charge on any atom is -0.497 e. The Morgan fingerprint density at radius 1 is 1.30 bits per heavy atom. The van der Waals surface area contributed by atoms with Crippen molar-refractivity contribution in [1.82, 2.24) is 13.9 Å². The van der Waals surface area contributed by atoms with E-state index in [1.807, 2.05) is 6.07 Å². The lowest BCUT2D eigenvalue weighted by molar-refractivity contribution is -0.137. The maximum Gasteiger partial charge on any atom is 0.323 e. The standard InChI is InChI=1S/C21H23N3O5S/c1-23(30(27,28)16-8-6-15(29-2)7-9-16)14-5-10-18-17(12-14)21-19(4-3-11-22-21)24(18)13-20(25)26/h3-4,6-9,11,14H,5,10,12-13H2,1-2H3,(H,25,26). The zero-order valence-electron chi connectivity index (χ0n) is 16.8. The highest BCUT2D eigenvalue weighted by atomic mass is 32.2. The Bertz CT molecular complexity index is 1200. The number of rotatable bonds is 6. The number of hydrogen-bond acceptors (Lipinski definition) is 5. The molecule has 30 heavy (non-hydrogen) atoms. The molecule has 0 fully saturated rings. The number of hydrogen-bond donors (Lipinski definition) is 1. The average Bonchev–Trinajstić information content (AvgIpc) is 3.06. The van der Waals surface area contributed by atoms with E-state index in [-0.39, 0.29) is 17.5 Å². The molecule has 3 aromatic rings. The summed E-state index contributed by atoms with van der Waals surface area (Å²) in [6.45, 7) is -0.137. The first-order valence-electron chi connectivity index (χ1n) is 9.61. The Morgan fingerprint density at radius 3 is 2.70 bits per heavy atom. The second kappa shape index (κ2) is 7.73. The second-order valence-electron chi connectivity index (χ2n) is 7.37. The van der Waals surface area contributed by atoms with Crippen LogP contribution in [0.25, 0.3) is 11.0 Å². The molecule has 1 aliphatic rings. The Kier molecular flexibility index (Phi) is 5.25. The predicted octanol–water partition coefficient (Wildman–Crippen LogP) is 2.31. The summed E-state index contributed by atoms with van der Waals surface area (Å²) in [4.78, 5) is 16.0. The van der Waals surface area contributed by atoms with E-state index in [1.54, 1.807) is 48.1 Å². The van der Waals surface area contributed by atoms with Crippen molar-refractivity contribution in [1.29, 1.82) is 0 Å². The highest BCUT2D eigenvalue weighted by molar-refractivity contribution is 7.89. The smallest absolute Gasteiger partial charge is 0.323 e. The number of aromatic nitrogens is 2. The van der Waals surface area contributed by atoms with Crippen LogP contribution >= 0.6 is 0 Å². The van der Waals surface area contributed by atoms with Gasteiger partial charge in [-0.25, -0.2) is 8.42 Å². The van der Waals surface area contributed by atoms with E-state index < -0.39 is 16.0 Å². The molecule has 9 heteroatoms. The van der Waals surface area contributed by atoms with Crippen LogP contribution in [0.3, 0.4) is 0 Å². The van der Waals surface area contributed by atoms with Crippen LogP contribution in [0.2, 0.25) is 0 Å². The molecule has 4 rings (SSSR count). The Hall–Kier alpha value is -2.91. The van der Waals surface area contributed by atoms with E-state index in [9.17, 15) is 18.3 Å². The second-order valence-corrected chi connectivity index (χ2v) is 9.37. The first-order chi connectivity index (χ1) is 14.3. The Balaban J connectivity index is 1.67. The quantitative estimate of drug-likeness (QED) is 0.645. The van der Waals surface area contributed by atoms with Crippen LogP contribution in [0.5, 0.6) is 5.75 Å². The summed E-state index contributed by atoms with van der Waals surface area (Å²) < 4.78 is 34.6. The molecule has 1 N–H and O–H groups in total. The first-order valence-corrected chi connectivity index (χ1v) is 11.1. The number of fused-ring (bicyclic) bond motifs is 3. The Morgan fingerprint density at radius 2 is 2.03 bits per heavy atom. The largest absolute Gasteiger partial charge is 0.497 e. The predicted molar refractivity (Wildman–Crippen MR) is 111 cm³/mol. The molecule has 1 atom stereocenters. The third-order valence-corrected chi connectivity index (χ3v) is 7.66. The van der Waals surface area contributed by atoms with E-state index in [0.29, 0.717) is 25.0 Å². The summed E-state index contributed by atoms with van der Waals surface area (Å²) in [6.07, 6.45) is 3.36. The van der Waals surface area contributed by atoms with Crippen LogP contribution in [0, 0.1) is 0 Å². The molecular formula is C21H23N3O5S. The molecule has 0 radical (unpaired) electrons. The zero-order chi connectivity index (χ0) is 21.5. The molecule has 158 valence electrons. The van der Waals surface area contributed by atoms with Crippen molar-refractivity contribution < 1.29 is 23.1 Å². The van der Waals surface area contributed by atoms with E-state index >= 15 is 0 Å². The van der Waals surface area contributed by atoms with Crippen LogP contribution in [0.1, 0.15) is 17.7 Å². The number of pyridine rings is 1. The topological polar surface area (TPSA) is 102 Å². The van der Waals surface area contributed by atoms with Crippen molar-refractivity contribution in [3.63, 3.8) is 0 Å². The van der Waals surface area contributed by atoms with Gasteiger partial charge in [-0.2, -0.15) is 4.31 Å². The number of likely N-dealkylation sites (N-methyl/N-ethyl adjacent to an activating group) is 1. The molecule has 0 saturated carbocycles. The van der Waals surface area contributed by atoms with Crippen molar-refractivity contribution in [3.8, 4) is 5.75 Å². The Labute approximate surface area is 174 Å². The molecule has 0 spiro atoms. The summed E-state index contributed by atoms with van der Waals surface area (Å²) >= 11 is 0. The van der Waals surface area contributed by atoms with E-state index in [2.05, 4.69) is 4.98 Å². The van der Waals surface area contributed by atoms with Gasteiger partial charge in [0.1, 0.15) is 12.3 Å². The number of nitrogens with zero attached hydrogens (tertiary/aromatic N) is 3. The molecule has 1 aliphatic carbocycles. The highest BCUT2D eigenvalue weighted by Gasteiger charge is 2.34. The fourth-order valence-corrected chi connectivity index (χ4v) is 5.55. The zero-order valence-corrected chi connectivity index (χ0v) is 17.6. The van der Waals surface area contributed by atoms with Crippen molar-refractivity contribution >= 4 is 27.0 Å². The van der Waals surface area contributed by atoms with Crippen molar-refractivity contribution in [3.05, 3.63) is 53.9 Å². The number of carboxylic acids is 1. The van der Waals surface area contributed by atoms with E-state index in [1.165, 1.54) is 11.4 Å². The summed E-state index contributed by atoms with van der Waals surface area (Å²) in [7, 11) is -0.547. The molecule has 0 amide bonds. The first kappa shape index (κ1) is 20.4. The third kappa shape index (κ3) is 3.44. The van der Waals surface area contributed by atoms with Crippen LogP contribution in [0.15, 0.2) is 47.5 Å². The van der Waals surface area contributed by atoms with Crippen molar-refractivity contribution in [2.24, 2.45) is 0 Å². The fraction of sp³-hybridized carbons (Fsp3) is 0.333. The molecule has 1 unspecified atom stereocenters. The lowest BCUT2D eigenvalue weighted by Crippen LogP contribution is -2.40. The van der Waals surface area contributed by atoms with Crippen molar-refractivity contribution in [2.75, 3.05) is 14.2 Å². The molecule has 2 heterocycles. The van der Waals surface area contributed by atoms with Gasteiger partial charge in [0.15, 0.2) is 0 Å². The van der Waals surface area contributed by atoms with Gasteiger partial charge in [-0.3, -0.25) is 9.78 Å². The van der Waals surface area contributed by atoms with E-state index in [4.69, 9.17) is 4.74 Å². The minimum atomic E-state index is -3.68. The highest BCUT2D eigenvalue weighted by Crippen LogP contribution is 2.34. The number of carbonyl (C=O) groups is 1. The van der Waals surface area contributed by atoms with Gasteiger partial charge >= 0.3 is 5.97 Å². The summed E-state index contributed by atoms with van der Waals surface area (Å²) in [5.41, 5.74) is 3.37. The molecular weight excluding hydrogens is 406 g/mol. The lowest BCUT2D eigenvalue weighted by Gasteiger charge is -2.31. The summed E-state index contributed by atoms with van der Waals surface area (Å²) in [5.74, 6) is -0.323. The number of benzene rings is 1. The van der Waals surface area contributed by atoms with Gasteiger partial charge in [0.05, 0.1) is 23.0 Å². The molecule has 1 aromatic carbocycles. The lowest BCUT2D eigenvalue weighted by atomic mass is 9.92. The maximum atomic E-state index is 13.1. The monoisotopic (exact) mass is 429 g/mol. The van der Waals surface area contributed by atoms with Crippen LogP contribution in [-0.4, -0.2) is 53.5 Å². The SMILES string of the molecule is COc1ccc(S(=O)(=O)N(C)C2CCc3c(c4ncccc4n3CC(=O)O)C2)cc1. The maximum absolute atomic E-state index is 13.1. The van der Waals surface area contributed by atoms with Crippen LogP contribution in [-0.2, 0) is 34.2 Å². The number of carboxylic acid groups (broad SMARTS) is 1. The van der Waals surface area contributed by atoms with Crippen LogP contribution in [0.4, 0.5) is 0 Å². The number of methoxy groups -OCH3 is 1. The molecule has 0 aliphatic heterocycles. The van der Waals surface area contributed by atoms with Gasteiger partial charge in [-0.1, -0.05) is 0 Å². The summed E-state index contributed by atoms with van der Waals surface area (Å²) in [6, 6.07) is 9.74. The van der Waals surface area contributed by atoms with Gasteiger partial charge < -0.3 is 14.4 Å². The fourth-order valence-electron chi connectivity index (χ4n) is 4.17. The third-order valence-electron chi connectivity index (χ3n) is 5.74. The number of aliphatic carboxylic acids is 1. The normalized spacial score (nSPS) is 16.6.